The molecule has 0 atom stereocenters. The van der Waals surface area contributed by atoms with Crippen LogP contribution in [0.15, 0.2) is 74.7 Å². The predicted molar refractivity (Wildman–Crippen MR) is 136 cm³/mol. The number of nitrogens with one attached hydrogen (secondary N) is 2. The number of fused-ring (bicyclic) bond motifs is 1. The van der Waals surface area contributed by atoms with Gasteiger partial charge in [0.2, 0.25) is 0 Å². The van der Waals surface area contributed by atoms with E-state index in [1.165, 1.54) is 53.2 Å². The number of thiophene rings is 1. The molecule has 0 radical (unpaired) electrons. The number of halogens is 2. The molecule has 182 valence electrons. The van der Waals surface area contributed by atoms with Gasteiger partial charge in [0.15, 0.2) is 9.84 Å². The Balaban J connectivity index is 1.61. The van der Waals surface area contributed by atoms with Gasteiger partial charge in [0, 0.05) is 23.5 Å². The molecule has 2 N–H and O–H groups in total. The number of rotatable bonds is 5. The summed E-state index contributed by atoms with van der Waals surface area (Å²) in [5.41, 5.74) is -0.0481. The normalized spacial score (nSPS) is 12.0. The summed E-state index contributed by atoms with van der Waals surface area (Å²) in [6, 6.07) is 11.8. The summed E-state index contributed by atoms with van der Waals surface area (Å²) in [7, 11) is -7.62. The van der Waals surface area contributed by atoms with Gasteiger partial charge < -0.3 is 5.32 Å². The second-order valence-electron chi connectivity index (χ2n) is 7.30. The molecule has 0 saturated heterocycles. The quantitative estimate of drug-likeness (QED) is 0.367. The summed E-state index contributed by atoms with van der Waals surface area (Å²) in [5.74, 6) is 0. The third-order valence-corrected chi connectivity index (χ3v) is 9.28. The molecule has 35 heavy (non-hydrogen) atoms. The van der Waals surface area contributed by atoms with E-state index in [4.69, 9.17) is 23.2 Å². The van der Waals surface area contributed by atoms with Gasteiger partial charge in [-0.25, -0.2) is 26.4 Å². The van der Waals surface area contributed by atoms with Crippen molar-refractivity contribution >= 4 is 76.9 Å². The van der Waals surface area contributed by atoms with Crippen molar-refractivity contribution in [3.8, 4) is 5.69 Å². The molecular weight excluding hydrogens is 557 g/mol. The molecule has 2 heterocycles. The van der Waals surface area contributed by atoms with Crippen LogP contribution in [0.3, 0.4) is 0 Å². The van der Waals surface area contributed by atoms with Gasteiger partial charge in [-0.1, -0.05) is 29.3 Å². The highest BCUT2D eigenvalue weighted by atomic mass is 35.5. The number of aromatic nitrogens is 1. The molecule has 2 aromatic carbocycles. The Labute approximate surface area is 213 Å². The van der Waals surface area contributed by atoms with E-state index in [-0.39, 0.29) is 35.2 Å². The summed E-state index contributed by atoms with van der Waals surface area (Å²) in [6.45, 7) is 0. The fourth-order valence-corrected chi connectivity index (χ4v) is 6.50. The lowest BCUT2D eigenvalue weighted by Gasteiger charge is -2.12. The number of benzene rings is 2. The zero-order valence-corrected chi connectivity index (χ0v) is 21.6. The lowest BCUT2D eigenvalue weighted by atomic mass is 10.1. The lowest BCUT2D eigenvalue weighted by Crippen LogP contribution is -2.33. The van der Waals surface area contributed by atoms with Crippen LogP contribution in [0.1, 0.15) is 0 Å². The standard InChI is InChI=1S/C21H15Cl2N3O6S3/c1-34(29,30)14-4-2-12-8-9-26(20(27)15(12)11-14)17-5-3-13(10-16(17)22)24-21(28)25-35(31,32)19-7-6-18(23)33-19/h2-11H,1H3,(H2,24,25,28). The number of hydrogen-bond acceptors (Lipinski definition) is 7. The van der Waals surface area contributed by atoms with Gasteiger partial charge in [-0.2, -0.15) is 0 Å². The second kappa shape index (κ2) is 9.28. The number of sulfone groups is 1. The number of carbonyl (C=O) groups is 1. The summed E-state index contributed by atoms with van der Waals surface area (Å²) in [6.07, 6.45) is 2.54. The Morgan fingerprint density at radius 3 is 2.34 bits per heavy atom. The van der Waals surface area contributed by atoms with Gasteiger partial charge >= 0.3 is 6.03 Å². The highest BCUT2D eigenvalue weighted by Gasteiger charge is 2.20. The average molecular weight is 572 g/mol. The smallest absolute Gasteiger partial charge is 0.307 e. The number of hydrogen-bond donors (Lipinski definition) is 2. The van der Waals surface area contributed by atoms with Gasteiger partial charge in [0.25, 0.3) is 15.6 Å². The van der Waals surface area contributed by atoms with E-state index in [0.29, 0.717) is 5.39 Å². The predicted octanol–water partition coefficient (Wildman–Crippen LogP) is 4.27. The minimum absolute atomic E-state index is 0.0104. The third-order valence-electron chi connectivity index (χ3n) is 4.81. The van der Waals surface area contributed by atoms with Gasteiger partial charge in [0.1, 0.15) is 4.21 Å². The molecule has 2 aromatic heterocycles. The monoisotopic (exact) mass is 571 g/mol. The molecule has 4 rings (SSSR count). The Bertz CT molecular complexity index is 1760. The number of amides is 2. The highest BCUT2D eigenvalue weighted by Crippen LogP contribution is 2.27. The van der Waals surface area contributed by atoms with Crippen molar-refractivity contribution in [3.63, 3.8) is 0 Å². The minimum Gasteiger partial charge on any atom is -0.307 e. The van der Waals surface area contributed by atoms with Crippen LogP contribution in [0, 0.1) is 0 Å². The van der Waals surface area contributed by atoms with Crippen molar-refractivity contribution in [3.05, 3.63) is 80.5 Å². The largest absolute Gasteiger partial charge is 0.333 e. The fraction of sp³-hybridized carbons (Fsp3) is 0.0476. The maximum absolute atomic E-state index is 13.1. The van der Waals surface area contributed by atoms with E-state index < -0.39 is 31.5 Å². The van der Waals surface area contributed by atoms with Crippen molar-refractivity contribution in [1.82, 2.24) is 9.29 Å². The molecule has 0 fully saturated rings. The molecular formula is C21H15Cl2N3O6S3. The molecule has 0 bridgehead atoms. The Morgan fingerprint density at radius 2 is 1.71 bits per heavy atom. The number of anilines is 1. The first-order valence-electron chi connectivity index (χ1n) is 9.60. The van der Waals surface area contributed by atoms with E-state index in [1.807, 2.05) is 4.72 Å². The molecule has 14 heteroatoms. The van der Waals surface area contributed by atoms with Crippen molar-refractivity contribution < 1.29 is 21.6 Å². The first-order valence-corrected chi connectivity index (χ1v) is 14.5. The van der Waals surface area contributed by atoms with E-state index in [2.05, 4.69) is 5.32 Å². The minimum atomic E-state index is -4.11. The van der Waals surface area contributed by atoms with Gasteiger partial charge in [-0.3, -0.25) is 9.36 Å². The van der Waals surface area contributed by atoms with Gasteiger partial charge in [0.05, 0.1) is 19.9 Å². The first-order chi connectivity index (χ1) is 16.3. The number of nitrogens with zero attached hydrogens (tertiary/aromatic N) is 1. The third kappa shape index (κ3) is 5.36. The molecule has 0 saturated carbocycles. The highest BCUT2D eigenvalue weighted by molar-refractivity contribution is 7.92. The molecule has 0 aliphatic heterocycles. The van der Waals surface area contributed by atoms with Crippen LogP contribution in [-0.4, -0.2) is 33.7 Å². The number of carbonyl (C=O) groups excluding carboxylic acids is 1. The zero-order chi connectivity index (χ0) is 25.5. The second-order valence-corrected chi connectivity index (χ2v) is 13.3. The van der Waals surface area contributed by atoms with E-state index in [9.17, 15) is 26.4 Å². The van der Waals surface area contributed by atoms with Crippen LogP contribution in [0.4, 0.5) is 10.5 Å². The molecule has 2 amide bonds. The summed E-state index contributed by atoms with van der Waals surface area (Å²) < 4.78 is 51.5. The lowest BCUT2D eigenvalue weighted by molar-refractivity contribution is 0.256. The number of urea groups is 1. The van der Waals surface area contributed by atoms with Crippen LogP contribution in [0.25, 0.3) is 16.5 Å². The van der Waals surface area contributed by atoms with Crippen molar-refractivity contribution in [2.45, 2.75) is 9.10 Å². The number of pyridine rings is 1. The van der Waals surface area contributed by atoms with Crippen LogP contribution in [-0.2, 0) is 19.9 Å². The molecule has 0 spiro atoms. The van der Waals surface area contributed by atoms with Crippen LogP contribution >= 0.6 is 34.5 Å². The fourth-order valence-electron chi connectivity index (χ4n) is 3.19. The van der Waals surface area contributed by atoms with Crippen molar-refractivity contribution in [2.24, 2.45) is 0 Å². The first kappa shape index (κ1) is 25.2. The van der Waals surface area contributed by atoms with Gasteiger partial charge in [-0.05, 0) is 53.9 Å². The topological polar surface area (TPSA) is 131 Å². The van der Waals surface area contributed by atoms with E-state index in [0.717, 1.165) is 17.6 Å². The van der Waals surface area contributed by atoms with Crippen LogP contribution in [0.2, 0.25) is 9.36 Å². The molecule has 9 nitrogen and oxygen atoms in total. The van der Waals surface area contributed by atoms with Crippen LogP contribution < -0.4 is 15.6 Å². The molecule has 4 aromatic rings. The average Bonchev–Trinajstić information content (AvgIpc) is 3.21. The van der Waals surface area contributed by atoms with Crippen LogP contribution in [0.5, 0.6) is 0 Å². The molecule has 0 aliphatic carbocycles. The Morgan fingerprint density at radius 1 is 0.971 bits per heavy atom. The van der Waals surface area contributed by atoms with Crippen molar-refractivity contribution in [2.75, 3.05) is 11.6 Å². The SMILES string of the molecule is CS(=O)(=O)c1ccc2ccn(-c3ccc(NC(=O)NS(=O)(=O)c4ccc(Cl)s4)cc3Cl)c(=O)c2c1. The molecule has 0 aliphatic rings. The Kier molecular flexibility index (Phi) is 6.68. The summed E-state index contributed by atoms with van der Waals surface area (Å²) in [4.78, 5) is 25.3. The number of sulfonamides is 1. The van der Waals surface area contributed by atoms with Crippen molar-refractivity contribution in [1.29, 1.82) is 0 Å². The van der Waals surface area contributed by atoms with E-state index >= 15 is 0 Å². The summed E-state index contributed by atoms with van der Waals surface area (Å²) in [5, 5.41) is 3.19. The maximum atomic E-state index is 13.1. The van der Waals surface area contributed by atoms with E-state index in [1.54, 1.807) is 12.1 Å². The zero-order valence-electron chi connectivity index (χ0n) is 17.7. The maximum Gasteiger partial charge on any atom is 0.333 e. The molecule has 0 unspecified atom stereocenters. The van der Waals surface area contributed by atoms with Gasteiger partial charge in [-0.15, -0.1) is 11.3 Å². The summed E-state index contributed by atoms with van der Waals surface area (Å²) >= 11 is 12.9. The Hall–Kier alpha value is -2.90.